The van der Waals surface area contributed by atoms with Crippen LogP contribution in [0.25, 0.3) is 22.8 Å². The van der Waals surface area contributed by atoms with Crippen LogP contribution in [0.1, 0.15) is 39.2 Å². The van der Waals surface area contributed by atoms with Gasteiger partial charge in [0.05, 0.1) is 6.26 Å². The molecule has 0 saturated heterocycles. The summed E-state index contributed by atoms with van der Waals surface area (Å²) in [7, 11) is 0. The fourth-order valence-electron chi connectivity index (χ4n) is 4.50. The van der Waals surface area contributed by atoms with E-state index in [1.165, 1.54) is 0 Å². The van der Waals surface area contributed by atoms with Crippen LogP contribution in [0.4, 0.5) is 0 Å². The maximum absolute atomic E-state index is 13.3. The third-order valence-corrected chi connectivity index (χ3v) is 7.27. The van der Waals surface area contributed by atoms with Gasteiger partial charge in [-0.05, 0) is 89.1 Å². The van der Waals surface area contributed by atoms with Gasteiger partial charge in [0.15, 0.2) is 0 Å². The van der Waals surface area contributed by atoms with Crippen LogP contribution in [0.15, 0.2) is 95.6 Å². The number of carbonyl (C=O) groups is 2. The first-order valence-electron chi connectivity index (χ1n) is 13.2. The van der Waals surface area contributed by atoms with Gasteiger partial charge in [0.25, 0.3) is 5.91 Å². The minimum absolute atomic E-state index is 0. The first-order valence-corrected chi connectivity index (χ1v) is 14.6. The molecule has 0 spiro atoms. The molecule has 1 aromatic heterocycles. The van der Waals surface area contributed by atoms with E-state index in [2.05, 4.69) is 22.8 Å². The van der Waals surface area contributed by atoms with Crippen molar-refractivity contribution in [3.05, 3.63) is 119 Å². The first-order chi connectivity index (χ1) is 19.5. The molecule has 3 N–H and O–H groups in total. The molecule has 1 unspecified atom stereocenters. The van der Waals surface area contributed by atoms with Crippen LogP contribution in [-0.4, -0.2) is 60.4 Å². The van der Waals surface area contributed by atoms with Gasteiger partial charge >= 0.3 is 24.8 Å². The van der Waals surface area contributed by atoms with Crippen LogP contribution in [0.3, 0.4) is 0 Å². The second-order valence-electron chi connectivity index (χ2n) is 9.50. The number of carbonyl (C=O) groups excluding carboxylic acids is 1. The number of rotatable bonds is 13. The van der Waals surface area contributed by atoms with Gasteiger partial charge < -0.3 is 20.2 Å². The molecule has 4 aromatic rings. The number of aryl methyl sites for hydroxylation is 1. The van der Waals surface area contributed by atoms with E-state index in [9.17, 15) is 14.7 Å². The van der Waals surface area contributed by atoms with Crippen molar-refractivity contribution in [2.75, 3.05) is 18.6 Å². The van der Waals surface area contributed by atoms with Crippen molar-refractivity contribution in [2.45, 2.75) is 25.9 Å². The van der Waals surface area contributed by atoms with Crippen LogP contribution < -0.4 is 10.6 Å². The molecule has 1 amide bonds. The Morgan fingerprint density at radius 1 is 0.976 bits per heavy atom. The molecule has 0 aliphatic rings. The van der Waals surface area contributed by atoms with Crippen LogP contribution in [0.5, 0.6) is 0 Å². The topological polar surface area (TPSA) is 91.6 Å². The molecule has 0 aliphatic carbocycles. The summed E-state index contributed by atoms with van der Waals surface area (Å²) in [6.07, 6.45) is 5.97. The van der Waals surface area contributed by atoms with Crippen LogP contribution in [0.2, 0.25) is 0 Å². The number of amides is 1. The van der Waals surface area contributed by atoms with E-state index in [0.29, 0.717) is 30.8 Å². The monoisotopic (exact) mass is 562 g/mol. The summed E-state index contributed by atoms with van der Waals surface area (Å²) in [4.78, 5) is 25.1. The van der Waals surface area contributed by atoms with Crippen molar-refractivity contribution in [1.29, 1.82) is 0 Å². The van der Waals surface area contributed by atoms with E-state index in [4.69, 9.17) is 4.42 Å². The number of nitrogens with one attached hydrogen (secondary N) is 2. The second kappa shape index (κ2) is 16.1. The summed E-state index contributed by atoms with van der Waals surface area (Å²) in [6, 6.07) is 26.6. The second-order valence-corrected chi connectivity index (χ2v) is 10.5. The third kappa shape index (κ3) is 9.01. The number of carboxylic acid groups (broad SMARTS) is 1. The number of aliphatic carboxylic acids is 1. The predicted octanol–water partition coefficient (Wildman–Crippen LogP) is 5.87. The summed E-state index contributed by atoms with van der Waals surface area (Å²) < 4.78 is 5.55. The molecule has 0 radical (unpaired) electrons. The zero-order valence-electron chi connectivity index (χ0n) is 22.7. The minimum atomic E-state index is -1.03. The summed E-state index contributed by atoms with van der Waals surface area (Å²) in [6.45, 7) is 3.20. The molecular formula is C33H35LiN2O4S. The molecule has 0 aliphatic heterocycles. The van der Waals surface area contributed by atoms with E-state index in [1.54, 1.807) is 24.1 Å². The Kier molecular flexibility index (Phi) is 12.6. The van der Waals surface area contributed by atoms with Crippen molar-refractivity contribution < 1.29 is 19.1 Å². The number of furan rings is 1. The molecule has 4 rings (SSSR count). The van der Waals surface area contributed by atoms with Crippen molar-refractivity contribution in [1.82, 2.24) is 10.6 Å². The Balaban J connectivity index is 0.00000462. The van der Waals surface area contributed by atoms with Crippen LogP contribution >= 0.6 is 11.8 Å². The average Bonchev–Trinajstić information content (AvgIpc) is 3.48. The Morgan fingerprint density at radius 3 is 2.41 bits per heavy atom. The van der Waals surface area contributed by atoms with Crippen molar-refractivity contribution in [3.63, 3.8) is 0 Å². The molecule has 8 heteroatoms. The Hall–Kier alpha value is -3.47. The van der Waals surface area contributed by atoms with E-state index < -0.39 is 12.0 Å². The molecule has 41 heavy (non-hydrogen) atoms. The zero-order valence-corrected chi connectivity index (χ0v) is 23.5. The number of carboxylic acids is 1. The Labute approximate surface area is 257 Å². The van der Waals surface area contributed by atoms with Crippen molar-refractivity contribution in [2.24, 2.45) is 0 Å². The molecular weight excluding hydrogens is 527 g/mol. The maximum atomic E-state index is 13.3. The molecule has 1 atom stereocenters. The molecule has 0 saturated carbocycles. The van der Waals surface area contributed by atoms with Gasteiger partial charge in [0.2, 0.25) is 0 Å². The van der Waals surface area contributed by atoms with Gasteiger partial charge in [-0.3, -0.25) is 4.79 Å². The molecule has 3 aromatic carbocycles. The SMILES string of the molecule is CSCCC(NC(=O)c1ccc(CNC/C(=C\c2ccco2)c2ccccc2)cc1-c1ccccc1C)C(=O)O.[LiH]. The number of hydrogen-bond acceptors (Lipinski definition) is 5. The zero-order chi connectivity index (χ0) is 28.3. The van der Waals surface area contributed by atoms with Crippen molar-refractivity contribution in [3.8, 4) is 11.1 Å². The third-order valence-electron chi connectivity index (χ3n) is 6.63. The quantitative estimate of drug-likeness (QED) is 0.177. The van der Waals surface area contributed by atoms with Crippen LogP contribution in [-0.2, 0) is 11.3 Å². The first kappa shape index (κ1) is 32.0. The van der Waals surface area contributed by atoms with Crippen LogP contribution in [0, 0.1) is 6.92 Å². The van der Waals surface area contributed by atoms with Gasteiger partial charge in [-0.2, -0.15) is 11.8 Å². The van der Waals surface area contributed by atoms with Gasteiger partial charge in [-0.25, -0.2) is 4.79 Å². The average molecular weight is 563 g/mol. The summed E-state index contributed by atoms with van der Waals surface area (Å²) in [5, 5.41) is 15.9. The molecule has 0 fully saturated rings. The fourth-order valence-corrected chi connectivity index (χ4v) is 4.97. The van der Waals surface area contributed by atoms with Gasteiger partial charge in [0.1, 0.15) is 11.8 Å². The standard InChI is InChI=1S/C33H34N2O4S.Li.H/c1-23-9-6-7-13-28(23)30-19-24(14-15-29(30)32(36)35-31(33(37)38)16-18-40-2)21-34-22-26(20-27-12-8-17-39-27)25-10-4-3-5-11-25;;/h3-15,17,19-20,31,34H,16,18,21-22H2,1-2H3,(H,35,36)(H,37,38);;/b26-20+;;. The fraction of sp³-hybridized carbons (Fsp3) is 0.212. The number of benzene rings is 3. The summed E-state index contributed by atoms with van der Waals surface area (Å²) in [5.41, 5.74) is 6.41. The van der Waals surface area contributed by atoms with Gasteiger partial charge in [0, 0.05) is 18.7 Å². The normalized spacial score (nSPS) is 11.9. The van der Waals surface area contributed by atoms with Crippen molar-refractivity contribution >= 4 is 54.1 Å². The Bertz CT molecular complexity index is 1460. The molecule has 1 heterocycles. The van der Waals surface area contributed by atoms with E-state index in [-0.39, 0.29) is 24.8 Å². The van der Waals surface area contributed by atoms with E-state index >= 15 is 0 Å². The summed E-state index contributed by atoms with van der Waals surface area (Å²) >= 11 is 1.55. The van der Waals surface area contributed by atoms with Gasteiger partial charge in [-0.1, -0.05) is 60.7 Å². The molecule has 0 bridgehead atoms. The predicted molar refractivity (Wildman–Crippen MR) is 170 cm³/mol. The number of hydrogen-bond donors (Lipinski definition) is 3. The Morgan fingerprint density at radius 2 is 1.73 bits per heavy atom. The molecule has 208 valence electrons. The van der Waals surface area contributed by atoms with Gasteiger partial charge in [-0.15, -0.1) is 0 Å². The van der Waals surface area contributed by atoms with E-state index in [1.807, 2.05) is 86.0 Å². The summed E-state index contributed by atoms with van der Waals surface area (Å²) in [5.74, 6) is 0.0119. The number of thioether (sulfide) groups is 1. The van der Waals surface area contributed by atoms with E-state index in [0.717, 1.165) is 39.2 Å². The molecule has 6 nitrogen and oxygen atoms in total.